The lowest BCUT2D eigenvalue weighted by atomic mass is 9.94. The summed E-state index contributed by atoms with van der Waals surface area (Å²) in [7, 11) is -2.23. The Bertz CT molecular complexity index is 1080. The van der Waals surface area contributed by atoms with Gasteiger partial charge < -0.3 is 24.3 Å². The number of methoxy groups -OCH3 is 1. The number of benzene rings is 2. The summed E-state index contributed by atoms with van der Waals surface area (Å²) >= 11 is 0. The van der Waals surface area contributed by atoms with Crippen LogP contribution < -0.4 is 5.32 Å². The average Bonchev–Trinajstić information content (AvgIpc) is 3.46. The average molecular weight is 502 g/mol. The van der Waals surface area contributed by atoms with Gasteiger partial charge in [0.1, 0.15) is 17.5 Å². The van der Waals surface area contributed by atoms with E-state index in [0.29, 0.717) is 13.2 Å². The van der Waals surface area contributed by atoms with Crippen molar-refractivity contribution in [2.75, 3.05) is 13.7 Å². The minimum atomic E-state index is -3.78. The van der Waals surface area contributed by atoms with Gasteiger partial charge in [0, 0.05) is 26.5 Å². The van der Waals surface area contributed by atoms with Crippen LogP contribution in [-0.2, 0) is 35.3 Å². The third kappa shape index (κ3) is 5.05. The van der Waals surface area contributed by atoms with Crippen LogP contribution in [0.3, 0.4) is 0 Å². The Morgan fingerprint density at radius 3 is 2.43 bits per heavy atom. The Morgan fingerprint density at radius 2 is 1.74 bits per heavy atom. The van der Waals surface area contributed by atoms with Crippen LogP contribution in [0, 0.1) is 6.92 Å². The van der Waals surface area contributed by atoms with Gasteiger partial charge in [0.25, 0.3) is 0 Å². The van der Waals surface area contributed by atoms with E-state index in [-0.39, 0.29) is 4.90 Å². The molecule has 190 valence electrons. The summed E-state index contributed by atoms with van der Waals surface area (Å²) in [6.07, 6.45) is 2.97. The van der Waals surface area contributed by atoms with Gasteiger partial charge in [-0.1, -0.05) is 54.4 Å². The second-order valence-electron chi connectivity index (χ2n) is 9.86. The molecule has 0 radical (unpaired) electrons. The number of nitrogens with one attached hydrogen (secondary N) is 1. The van der Waals surface area contributed by atoms with Crippen LogP contribution in [-0.4, -0.2) is 57.7 Å². The molecule has 1 saturated carbocycles. The minimum absolute atomic E-state index is 0.274. The van der Waals surface area contributed by atoms with Crippen molar-refractivity contribution in [2.45, 2.75) is 86.0 Å². The van der Waals surface area contributed by atoms with Crippen molar-refractivity contribution in [1.29, 1.82) is 0 Å². The Labute approximate surface area is 208 Å². The quantitative estimate of drug-likeness (QED) is 0.619. The Morgan fingerprint density at radius 1 is 1.03 bits per heavy atom. The zero-order valence-electron chi connectivity index (χ0n) is 20.4. The molecule has 3 aliphatic rings. The van der Waals surface area contributed by atoms with Crippen molar-refractivity contribution in [3.63, 3.8) is 0 Å². The summed E-state index contributed by atoms with van der Waals surface area (Å²) < 4.78 is 52.8. The van der Waals surface area contributed by atoms with E-state index in [2.05, 4.69) is 5.32 Å². The Balaban J connectivity index is 1.46. The van der Waals surface area contributed by atoms with E-state index < -0.39 is 45.4 Å². The summed E-state index contributed by atoms with van der Waals surface area (Å²) in [6.45, 7) is 2.75. The highest BCUT2D eigenvalue weighted by atomic mass is 32.2. The van der Waals surface area contributed by atoms with Gasteiger partial charge in [-0.05, 0) is 37.5 Å². The SMILES string of the molecule is CO[C@H]1O[C@H]([C@H]2COC3(CCCCC3)O2)[C@@H](S(=O)(=O)c2ccc(C)cc2)[C@@H]1NCc1ccccc1. The zero-order chi connectivity index (χ0) is 24.5. The van der Waals surface area contributed by atoms with Gasteiger partial charge in [0.05, 0.1) is 17.5 Å². The molecule has 7 nitrogen and oxygen atoms in total. The highest BCUT2D eigenvalue weighted by Crippen LogP contribution is 2.42. The smallest absolute Gasteiger partial charge is 0.185 e. The van der Waals surface area contributed by atoms with Crippen LogP contribution in [0.1, 0.15) is 43.2 Å². The van der Waals surface area contributed by atoms with Gasteiger partial charge in [-0.15, -0.1) is 0 Å². The molecule has 0 amide bonds. The van der Waals surface area contributed by atoms with Crippen LogP contribution in [0.25, 0.3) is 0 Å². The second-order valence-corrected chi connectivity index (χ2v) is 12.0. The van der Waals surface area contributed by atoms with Gasteiger partial charge in [-0.2, -0.15) is 0 Å². The van der Waals surface area contributed by atoms with E-state index in [1.165, 1.54) is 6.42 Å². The number of aryl methyl sites for hydroxylation is 1. The van der Waals surface area contributed by atoms with Gasteiger partial charge in [-0.3, -0.25) is 0 Å². The molecule has 1 aliphatic carbocycles. The van der Waals surface area contributed by atoms with E-state index in [9.17, 15) is 8.42 Å². The monoisotopic (exact) mass is 501 g/mol. The van der Waals surface area contributed by atoms with Gasteiger partial charge in [0.2, 0.25) is 0 Å². The lowest BCUT2D eigenvalue weighted by Gasteiger charge is -2.33. The van der Waals surface area contributed by atoms with Crippen LogP contribution >= 0.6 is 0 Å². The molecule has 1 N–H and O–H groups in total. The topological polar surface area (TPSA) is 83.1 Å². The maximum Gasteiger partial charge on any atom is 0.185 e. The summed E-state index contributed by atoms with van der Waals surface area (Å²) in [4.78, 5) is 0.274. The maximum atomic E-state index is 14.1. The Kier molecular flexibility index (Phi) is 7.30. The fourth-order valence-electron chi connectivity index (χ4n) is 5.57. The van der Waals surface area contributed by atoms with Crippen LogP contribution in [0.5, 0.6) is 0 Å². The summed E-state index contributed by atoms with van der Waals surface area (Å²) in [5.74, 6) is -0.622. The lowest BCUT2D eigenvalue weighted by Crippen LogP contribution is -2.51. The lowest BCUT2D eigenvalue weighted by molar-refractivity contribution is -0.206. The summed E-state index contributed by atoms with van der Waals surface area (Å²) in [6, 6.07) is 16.3. The van der Waals surface area contributed by atoms with E-state index >= 15 is 0 Å². The summed E-state index contributed by atoms with van der Waals surface area (Å²) in [5.41, 5.74) is 2.06. The molecule has 3 fully saturated rings. The first-order valence-electron chi connectivity index (χ1n) is 12.5. The van der Waals surface area contributed by atoms with Crippen molar-refractivity contribution in [3.8, 4) is 0 Å². The maximum absolute atomic E-state index is 14.1. The number of rotatable bonds is 7. The van der Waals surface area contributed by atoms with Crippen molar-refractivity contribution in [1.82, 2.24) is 5.32 Å². The van der Waals surface area contributed by atoms with Crippen LogP contribution in [0.2, 0.25) is 0 Å². The first-order valence-corrected chi connectivity index (χ1v) is 14.0. The third-order valence-electron chi connectivity index (χ3n) is 7.45. The number of hydrogen-bond donors (Lipinski definition) is 1. The van der Waals surface area contributed by atoms with Crippen molar-refractivity contribution in [2.24, 2.45) is 0 Å². The molecule has 5 atom stereocenters. The molecule has 2 heterocycles. The van der Waals surface area contributed by atoms with Crippen LogP contribution in [0.15, 0.2) is 59.5 Å². The zero-order valence-corrected chi connectivity index (χ0v) is 21.2. The molecule has 1 spiro atoms. The molecule has 35 heavy (non-hydrogen) atoms. The summed E-state index contributed by atoms with van der Waals surface area (Å²) in [5, 5.41) is 2.54. The first-order chi connectivity index (χ1) is 16.9. The largest absolute Gasteiger partial charge is 0.354 e. The second kappa shape index (κ2) is 10.3. The predicted molar refractivity (Wildman–Crippen MR) is 132 cm³/mol. The molecule has 5 rings (SSSR count). The van der Waals surface area contributed by atoms with Crippen molar-refractivity contribution >= 4 is 9.84 Å². The van der Waals surface area contributed by atoms with Gasteiger partial charge >= 0.3 is 0 Å². The predicted octanol–water partition coefficient (Wildman–Crippen LogP) is 3.74. The minimum Gasteiger partial charge on any atom is -0.354 e. The molecule has 2 aromatic rings. The van der Waals surface area contributed by atoms with Crippen molar-refractivity contribution in [3.05, 3.63) is 65.7 Å². The number of sulfone groups is 1. The van der Waals surface area contributed by atoms with Gasteiger partial charge in [0.15, 0.2) is 21.9 Å². The fraction of sp³-hybridized carbons (Fsp3) is 0.556. The third-order valence-corrected chi connectivity index (χ3v) is 9.65. The molecule has 2 aromatic carbocycles. The van der Waals surface area contributed by atoms with Crippen LogP contribution in [0.4, 0.5) is 0 Å². The van der Waals surface area contributed by atoms with Crippen molar-refractivity contribution < 1.29 is 27.4 Å². The fourth-order valence-corrected chi connectivity index (χ4v) is 7.60. The standard InChI is InChI=1S/C27H35NO6S/c1-19-11-13-21(14-12-19)35(29,30)25-23(28-17-20-9-5-3-6-10-20)26(31-2)33-24(25)22-18-32-27(34-22)15-7-4-8-16-27/h3,5-6,9-14,22-26,28H,4,7-8,15-18H2,1-2H3/t22-,23+,24-,25+,26+/m1/s1. The van der Waals surface area contributed by atoms with E-state index in [1.807, 2.05) is 49.4 Å². The number of hydrogen-bond acceptors (Lipinski definition) is 7. The molecule has 0 aromatic heterocycles. The van der Waals surface area contributed by atoms with E-state index in [0.717, 1.165) is 36.8 Å². The molecule has 8 heteroatoms. The highest BCUT2D eigenvalue weighted by molar-refractivity contribution is 7.92. The normalized spacial score (nSPS) is 30.6. The molecular formula is C27H35NO6S. The van der Waals surface area contributed by atoms with Gasteiger partial charge in [-0.25, -0.2) is 8.42 Å². The van der Waals surface area contributed by atoms with E-state index in [4.69, 9.17) is 18.9 Å². The van der Waals surface area contributed by atoms with E-state index in [1.54, 1.807) is 19.2 Å². The molecule has 2 saturated heterocycles. The molecular weight excluding hydrogens is 466 g/mol. The number of ether oxygens (including phenoxy) is 4. The molecule has 2 aliphatic heterocycles. The Hall–Kier alpha value is -1.81. The first kappa shape index (κ1) is 24.9. The molecule has 0 unspecified atom stereocenters. The molecule has 0 bridgehead atoms. The highest BCUT2D eigenvalue weighted by Gasteiger charge is 2.58.